The summed E-state index contributed by atoms with van der Waals surface area (Å²) in [4.78, 5) is 47.3. The van der Waals surface area contributed by atoms with E-state index in [9.17, 15) is 29.6 Å². The highest BCUT2D eigenvalue weighted by Gasteiger charge is 2.43. The molecule has 0 bridgehead atoms. The maximum absolute atomic E-state index is 12.3. The SMILES string of the molecule is CCOC(=O)CN1C(=O)C(O)=C(C(C)=O)[C@H]1c1cccc([N+](=O)[O-])c1. The van der Waals surface area contributed by atoms with Crippen LogP contribution >= 0.6 is 0 Å². The third-order valence-electron chi connectivity index (χ3n) is 3.68. The van der Waals surface area contributed by atoms with Gasteiger partial charge in [0.05, 0.1) is 23.1 Å². The number of aliphatic hydroxyl groups is 1. The van der Waals surface area contributed by atoms with Crippen LogP contribution in [0, 0.1) is 10.1 Å². The van der Waals surface area contributed by atoms with Gasteiger partial charge in [-0.05, 0) is 19.4 Å². The van der Waals surface area contributed by atoms with Crippen molar-refractivity contribution in [2.24, 2.45) is 0 Å². The van der Waals surface area contributed by atoms with Crippen LogP contribution in [-0.4, -0.2) is 45.7 Å². The number of amides is 1. The lowest BCUT2D eigenvalue weighted by Gasteiger charge is -2.25. The van der Waals surface area contributed by atoms with Gasteiger partial charge in [-0.15, -0.1) is 0 Å². The number of aliphatic hydroxyl groups excluding tert-OH is 1. The van der Waals surface area contributed by atoms with Gasteiger partial charge in [-0.25, -0.2) is 0 Å². The van der Waals surface area contributed by atoms with Crippen molar-refractivity contribution in [3.8, 4) is 0 Å². The van der Waals surface area contributed by atoms with Crippen LogP contribution in [0.5, 0.6) is 0 Å². The van der Waals surface area contributed by atoms with E-state index in [1.54, 1.807) is 6.92 Å². The molecular formula is C16H16N2O7. The van der Waals surface area contributed by atoms with Crippen molar-refractivity contribution in [3.63, 3.8) is 0 Å². The van der Waals surface area contributed by atoms with Gasteiger partial charge in [0.1, 0.15) is 6.54 Å². The van der Waals surface area contributed by atoms with Gasteiger partial charge in [0, 0.05) is 12.1 Å². The molecule has 0 aromatic heterocycles. The number of benzene rings is 1. The zero-order chi connectivity index (χ0) is 18.7. The fourth-order valence-electron chi connectivity index (χ4n) is 2.68. The number of nitrogens with zero attached hydrogens (tertiary/aromatic N) is 2. The Bertz CT molecular complexity index is 784. The fraction of sp³-hybridized carbons (Fsp3) is 0.312. The summed E-state index contributed by atoms with van der Waals surface area (Å²) < 4.78 is 4.80. The molecule has 0 aliphatic carbocycles. The Kier molecular flexibility index (Phi) is 5.16. The number of nitro benzene ring substituents is 1. The van der Waals surface area contributed by atoms with Crippen LogP contribution in [0.4, 0.5) is 5.69 Å². The molecule has 1 atom stereocenters. The molecule has 1 amide bonds. The number of rotatable bonds is 6. The van der Waals surface area contributed by atoms with Crippen LogP contribution in [0.2, 0.25) is 0 Å². The predicted octanol–water partition coefficient (Wildman–Crippen LogP) is 1.44. The molecule has 0 saturated carbocycles. The van der Waals surface area contributed by atoms with E-state index < -0.39 is 40.9 Å². The Morgan fingerprint density at radius 2 is 2.08 bits per heavy atom. The number of hydrogen-bond acceptors (Lipinski definition) is 7. The summed E-state index contributed by atoms with van der Waals surface area (Å²) >= 11 is 0. The maximum Gasteiger partial charge on any atom is 0.325 e. The van der Waals surface area contributed by atoms with Gasteiger partial charge in [0.2, 0.25) is 0 Å². The van der Waals surface area contributed by atoms with E-state index in [-0.39, 0.29) is 23.4 Å². The topological polar surface area (TPSA) is 127 Å². The summed E-state index contributed by atoms with van der Waals surface area (Å²) in [5, 5.41) is 21.0. The van der Waals surface area contributed by atoms with Gasteiger partial charge in [-0.2, -0.15) is 0 Å². The normalized spacial score (nSPS) is 17.0. The first kappa shape index (κ1) is 18.1. The van der Waals surface area contributed by atoms with E-state index in [1.807, 2.05) is 0 Å². The molecule has 0 radical (unpaired) electrons. The molecule has 1 heterocycles. The van der Waals surface area contributed by atoms with E-state index >= 15 is 0 Å². The summed E-state index contributed by atoms with van der Waals surface area (Å²) in [6, 6.07) is 4.22. The van der Waals surface area contributed by atoms with Crippen molar-refractivity contribution in [2.75, 3.05) is 13.2 Å². The van der Waals surface area contributed by atoms with Crippen molar-refractivity contribution < 1.29 is 29.2 Å². The molecule has 1 N–H and O–H groups in total. The minimum Gasteiger partial charge on any atom is -0.503 e. The van der Waals surface area contributed by atoms with Crippen LogP contribution in [0.3, 0.4) is 0 Å². The van der Waals surface area contributed by atoms with Crippen molar-refractivity contribution >= 4 is 23.3 Å². The average molecular weight is 348 g/mol. The minimum absolute atomic E-state index is 0.0985. The molecule has 132 valence electrons. The summed E-state index contributed by atoms with van der Waals surface area (Å²) in [6.07, 6.45) is 0. The Balaban J connectivity index is 2.51. The summed E-state index contributed by atoms with van der Waals surface area (Å²) in [6.45, 7) is 2.36. The van der Waals surface area contributed by atoms with Gasteiger partial charge in [-0.3, -0.25) is 24.5 Å². The molecule has 0 spiro atoms. The number of carbonyl (C=O) groups excluding carboxylic acids is 3. The molecule has 0 unspecified atom stereocenters. The quantitative estimate of drug-likeness (QED) is 0.468. The summed E-state index contributed by atoms with van der Waals surface area (Å²) in [5.41, 5.74) is -0.216. The molecule has 25 heavy (non-hydrogen) atoms. The van der Waals surface area contributed by atoms with Crippen molar-refractivity contribution in [1.29, 1.82) is 0 Å². The van der Waals surface area contributed by atoms with E-state index in [1.165, 1.54) is 24.3 Å². The van der Waals surface area contributed by atoms with Gasteiger partial charge in [-0.1, -0.05) is 12.1 Å². The second kappa shape index (κ2) is 7.12. The Morgan fingerprint density at radius 1 is 1.40 bits per heavy atom. The number of Topliss-reactive ketones (excluding diaryl/α,β-unsaturated/α-hetero) is 1. The van der Waals surface area contributed by atoms with Gasteiger partial charge in [0.15, 0.2) is 11.5 Å². The van der Waals surface area contributed by atoms with Crippen LogP contribution < -0.4 is 0 Å². The third-order valence-corrected chi connectivity index (χ3v) is 3.68. The number of hydrogen-bond donors (Lipinski definition) is 1. The number of ketones is 1. The van der Waals surface area contributed by atoms with E-state index in [4.69, 9.17) is 4.74 Å². The molecule has 9 nitrogen and oxygen atoms in total. The second-order valence-electron chi connectivity index (χ2n) is 5.31. The lowest BCUT2D eigenvalue weighted by atomic mass is 9.96. The summed E-state index contributed by atoms with van der Waals surface area (Å²) in [7, 11) is 0. The first-order valence-corrected chi connectivity index (χ1v) is 7.42. The molecular weight excluding hydrogens is 332 g/mol. The highest BCUT2D eigenvalue weighted by molar-refractivity contribution is 6.08. The molecule has 0 saturated heterocycles. The van der Waals surface area contributed by atoms with Gasteiger partial charge >= 0.3 is 5.97 Å². The second-order valence-corrected chi connectivity index (χ2v) is 5.31. The number of non-ortho nitro benzene ring substituents is 1. The van der Waals surface area contributed by atoms with Gasteiger partial charge in [0.25, 0.3) is 11.6 Å². The molecule has 1 aromatic rings. The smallest absolute Gasteiger partial charge is 0.325 e. The first-order chi connectivity index (χ1) is 11.8. The van der Waals surface area contributed by atoms with Crippen LogP contribution in [-0.2, 0) is 19.1 Å². The van der Waals surface area contributed by atoms with Crippen LogP contribution in [0.15, 0.2) is 35.6 Å². The average Bonchev–Trinajstić information content (AvgIpc) is 2.80. The van der Waals surface area contributed by atoms with E-state index in [2.05, 4.69) is 0 Å². The van der Waals surface area contributed by atoms with Crippen LogP contribution in [0.1, 0.15) is 25.5 Å². The lowest BCUT2D eigenvalue weighted by Crippen LogP contribution is -2.36. The molecule has 1 aliphatic rings. The largest absolute Gasteiger partial charge is 0.503 e. The minimum atomic E-state index is -1.10. The zero-order valence-electron chi connectivity index (χ0n) is 13.6. The maximum atomic E-state index is 12.3. The van der Waals surface area contributed by atoms with Crippen molar-refractivity contribution in [3.05, 3.63) is 51.3 Å². The number of carbonyl (C=O) groups is 3. The number of esters is 1. The van der Waals surface area contributed by atoms with Crippen molar-refractivity contribution in [2.45, 2.75) is 19.9 Å². The first-order valence-electron chi connectivity index (χ1n) is 7.42. The number of ether oxygens (including phenoxy) is 1. The fourth-order valence-corrected chi connectivity index (χ4v) is 2.68. The summed E-state index contributed by atoms with van der Waals surface area (Å²) in [5.74, 6) is -2.97. The molecule has 1 aromatic carbocycles. The molecule has 9 heteroatoms. The monoisotopic (exact) mass is 348 g/mol. The molecule has 2 rings (SSSR count). The van der Waals surface area contributed by atoms with Crippen LogP contribution in [0.25, 0.3) is 0 Å². The highest BCUT2D eigenvalue weighted by atomic mass is 16.6. The third kappa shape index (κ3) is 3.49. The van der Waals surface area contributed by atoms with Gasteiger partial charge < -0.3 is 14.7 Å². The standard InChI is InChI=1S/C16H16N2O7/c1-3-25-12(20)8-17-14(13(9(2)19)15(21)16(17)22)10-5-4-6-11(7-10)18(23)24/h4-7,14,21H,3,8H2,1-2H3/t14-/m1/s1. The van der Waals surface area contributed by atoms with Crippen molar-refractivity contribution in [1.82, 2.24) is 4.90 Å². The van der Waals surface area contributed by atoms with E-state index in [0.717, 1.165) is 11.8 Å². The Morgan fingerprint density at radius 3 is 2.64 bits per heavy atom. The Hall–Kier alpha value is -3.23. The molecule has 0 fully saturated rings. The number of nitro groups is 1. The van der Waals surface area contributed by atoms with E-state index in [0.29, 0.717) is 0 Å². The highest BCUT2D eigenvalue weighted by Crippen LogP contribution is 2.38. The zero-order valence-corrected chi connectivity index (χ0v) is 13.6. The molecule has 1 aliphatic heterocycles. The predicted molar refractivity (Wildman–Crippen MR) is 84.5 cm³/mol. The Labute approximate surface area is 142 Å². The lowest BCUT2D eigenvalue weighted by molar-refractivity contribution is -0.384.